The second-order valence-electron chi connectivity index (χ2n) is 26.3. The fraction of sp³-hybridized carbons (Fsp3) is 0.761. The Hall–Kier alpha value is -8.68. The van der Waals surface area contributed by atoms with Crippen molar-refractivity contribution in [2.24, 2.45) is 40.5 Å². The first-order chi connectivity index (χ1) is 49.3. The van der Waals surface area contributed by atoms with Gasteiger partial charge in [-0.05, 0) is 128 Å². The smallest absolute Gasteiger partial charge is 0.303 e. The van der Waals surface area contributed by atoms with E-state index in [0.29, 0.717) is 77.3 Å². The molecule has 1 aliphatic rings. The largest absolute Gasteiger partial charge is 0.481 e. The van der Waals surface area contributed by atoms with E-state index in [2.05, 4.69) is 63.8 Å². The third kappa shape index (κ3) is 34.7. The summed E-state index contributed by atoms with van der Waals surface area (Å²) in [6.07, 6.45) is 4.16. The van der Waals surface area contributed by atoms with Crippen LogP contribution in [-0.2, 0) is 76.7 Å². The molecule has 1 fully saturated rings. The third-order valence-corrected chi connectivity index (χ3v) is 17.9. The van der Waals surface area contributed by atoms with Crippen LogP contribution in [0.1, 0.15) is 196 Å². The standard InChI is InChI=1S/C67H120N18O19/c1-8-12-21-41(56(72)93)74-58(95)44(24-15-18-32-69)76-59(96)43(22-13-9-2)77-64(101)49(37-87)82-66(103)54(38(5)10-3)83-52(90)35-73-57(94)42(23-14-17-31-68)75-63(100)48(36-86)81-61(98)46(27-29-51(71)89)80-67(104)55(39(6)11-4)84-62(99)47(28-30-53(91)92)78-60(97)45(25-16-19-33-70)79-65(102)50-26-20-34-85(50)40(7)88/h38-39,41-50,54-55,86-87H,8-37,68-70H2,1-7H3,(H2,71,89)(H2,72,93)(H,73,94)(H,74,95)(H,75,100)(H,76,96)(H,77,101)(H,78,97)(H,79,102)(H,80,104)(H,81,98)(H,82,103)(H,83,90)(H,84,99)(H,91,92)/t38-,39-,41?,42-,43?,44-,45-,46-,47-,48-,49-,50-,54-,55-/m0/s1. The van der Waals surface area contributed by atoms with E-state index < -0.39 is 218 Å². The van der Waals surface area contributed by atoms with Crippen LogP contribution >= 0.6 is 0 Å². The lowest BCUT2D eigenvalue weighted by atomic mass is 9.96. The predicted octanol–water partition coefficient (Wildman–Crippen LogP) is -5.09. The summed E-state index contributed by atoms with van der Waals surface area (Å²) in [6.45, 7) is 9.69. The fourth-order valence-electron chi connectivity index (χ4n) is 11.1. The minimum absolute atomic E-state index is 0.0419. The van der Waals surface area contributed by atoms with Crippen molar-refractivity contribution in [2.45, 2.75) is 269 Å². The maximum Gasteiger partial charge on any atom is 0.303 e. The fourth-order valence-corrected chi connectivity index (χ4v) is 11.1. The van der Waals surface area contributed by atoms with Crippen LogP contribution in [0.25, 0.3) is 0 Å². The highest BCUT2D eigenvalue weighted by Crippen LogP contribution is 2.19. The summed E-state index contributed by atoms with van der Waals surface area (Å²) in [5, 5.41) is 60.6. The van der Waals surface area contributed by atoms with Crippen molar-refractivity contribution in [3.05, 3.63) is 0 Å². The lowest BCUT2D eigenvalue weighted by Gasteiger charge is -2.30. The highest BCUT2D eigenvalue weighted by atomic mass is 16.4. The number of aliphatic hydroxyl groups excluding tert-OH is 2. The van der Waals surface area contributed by atoms with Gasteiger partial charge < -0.3 is 113 Å². The first-order valence-corrected chi connectivity index (χ1v) is 36.3. The molecule has 14 atom stereocenters. The quantitative estimate of drug-likeness (QED) is 0.0253. The van der Waals surface area contributed by atoms with E-state index in [1.165, 1.54) is 11.8 Å². The minimum Gasteiger partial charge on any atom is -0.481 e. The van der Waals surface area contributed by atoms with Gasteiger partial charge in [-0.2, -0.15) is 0 Å². The maximum absolute atomic E-state index is 14.3. The van der Waals surface area contributed by atoms with Gasteiger partial charge >= 0.3 is 5.97 Å². The molecule has 0 saturated carbocycles. The molecule has 0 bridgehead atoms. The molecule has 25 N–H and O–H groups in total. The van der Waals surface area contributed by atoms with Crippen LogP contribution in [0.3, 0.4) is 0 Å². The number of nitrogens with one attached hydrogen (secondary N) is 12. The number of aliphatic carboxylic acids is 1. The van der Waals surface area contributed by atoms with Gasteiger partial charge in [0.15, 0.2) is 0 Å². The van der Waals surface area contributed by atoms with Crippen LogP contribution in [0, 0.1) is 11.8 Å². The van der Waals surface area contributed by atoms with Gasteiger partial charge in [-0.1, -0.05) is 80.1 Å². The molecule has 0 radical (unpaired) electrons. The number of carboxylic acid groups (broad SMARTS) is 1. The summed E-state index contributed by atoms with van der Waals surface area (Å²) < 4.78 is 0. The zero-order valence-corrected chi connectivity index (χ0v) is 61.5. The molecule has 0 aromatic rings. The molecule has 37 nitrogen and oxygen atoms in total. The van der Waals surface area contributed by atoms with Gasteiger partial charge in [0.1, 0.15) is 72.5 Å². The second-order valence-corrected chi connectivity index (χ2v) is 26.3. The van der Waals surface area contributed by atoms with E-state index in [0.717, 1.165) is 6.42 Å². The molecular weight excluding hydrogens is 1360 g/mol. The number of nitrogens with zero attached hydrogens (tertiary/aromatic N) is 1. The van der Waals surface area contributed by atoms with Crippen molar-refractivity contribution in [3.63, 3.8) is 0 Å². The van der Waals surface area contributed by atoms with Gasteiger partial charge in [-0.25, -0.2) is 0 Å². The summed E-state index contributed by atoms with van der Waals surface area (Å²) in [5.41, 5.74) is 28.1. The monoisotopic (exact) mass is 1480 g/mol. The van der Waals surface area contributed by atoms with Gasteiger partial charge in [0.2, 0.25) is 88.6 Å². The van der Waals surface area contributed by atoms with E-state index in [9.17, 15) is 92.0 Å². The van der Waals surface area contributed by atoms with Gasteiger partial charge in [0, 0.05) is 26.3 Å². The molecule has 1 aliphatic heterocycles. The number of unbranched alkanes of at least 4 members (excludes halogenated alkanes) is 5. The van der Waals surface area contributed by atoms with Crippen molar-refractivity contribution in [1.29, 1.82) is 0 Å². The first kappa shape index (κ1) is 93.3. The Kier molecular flexibility index (Phi) is 46.2. The lowest BCUT2D eigenvalue weighted by Crippen LogP contribution is -2.61. The van der Waals surface area contributed by atoms with Gasteiger partial charge in [0.05, 0.1) is 19.8 Å². The zero-order chi connectivity index (χ0) is 78.6. The molecule has 0 aromatic heterocycles. The summed E-state index contributed by atoms with van der Waals surface area (Å²) in [6, 6.07) is -16.8. The molecule has 15 amide bonds. The summed E-state index contributed by atoms with van der Waals surface area (Å²) in [4.78, 5) is 217. The number of carbonyl (C=O) groups is 16. The molecule has 104 heavy (non-hydrogen) atoms. The summed E-state index contributed by atoms with van der Waals surface area (Å²) in [7, 11) is 0. The topological polar surface area (TPSA) is 612 Å². The van der Waals surface area contributed by atoms with Crippen molar-refractivity contribution in [1.82, 2.24) is 68.7 Å². The zero-order valence-electron chi connectivity index (χ0n) is 61.5. The van der Waals surface area contributed by atoms with Gasteiger partial charge in [-0.3, -0.25) is 76.7 Å². The van der Waals surface area contributed by atoms with Crippen molar-refractivity contribution < 1.29 is 92.0 Å². The van der Waals surface area contributed by atoms with Crippen molar-refractivity contribution in [3.8, 4) is 0 Å². The van der Waals surface area contributed by atoms with Gasteiger partial charge in [0.25, 0.3) is 0 Å². The Morgan fingerprint density at radius 3 is 1.16 bits per heavy atom. The van der Waals surface area contributed by atoms with Crippen LogP contribution < -0.4 is 92.5 Å². The highest BCUT2D eigenvalue weighted by molar-refractivity contribution is 6.00. The van der Waals surface area contributed by atoms with E-state index in [1.807, 2.05) is 13.8 Å². The number of aliphatic hydroxyl groups is 2. The average molecular weight is 1480 g/mol. The van der Waals surface area contributed by atoms with Gasteiger partial charge in [-0.15, -0.1) is 0 Å². The minimum atomic E-state index is -1.86. The number of carbonyl (C=O) groups excluding carboxylic acids is 15. The van der Waals surface area contributed by atoms with Crippen LogP contribution in [0.15, 0.2) is 0 Å². The number of carboxylic acids is 1. The van der Waals surface area contributed by atoms with E-state index >= 15 is 0 Å². The van der Waals surface area contributed by atoms with Crippen molar-refractivity contribution >= 4 is 94.6 Å². The van der Waals surface area contributed by atoms with Crippen LogP contribution in [-0.4, -0.2) is 233 Å². The molecule has 1 heterocycles. The summed E-state index contributed by atoms with van der Waals surface area (Å²) in [5.74, 6) is -15.9. The summed E-state index contributed by atoms with van der Waals surface area (Å²) >= 11 is 0. The third-order valence-electron chi connectivity index (χ3n) is 17.9. The Balaban J connectivity index is 3.40. The molecule has 0 aromatic carbocycles. The van der Waals surface area contributed by atoms with Crippen molar-refractivity contribution in [2.75, 3.05) is 45.9 Å². The SMILES string of the molecule is CCCCC(NC(=O)[C@H](CCCCN)NC(=O)C(CCCC)NC(=O)[C@H](CO)NC(=O)[C@@H](NC(=O)CNC(=O)[C@H](CCCCN)NC(=O)[C@H](CO)NC(=O)[C@H](CCC(N)=O)NC(=O)[C@@H](NC(=O)[C@H](CCC(=O)O)NC(=O)[C@H](CCCCN)NC(=O)[C@@H]1CCCN1C(C)=O)[C@@H](C)CC)[C@@H](C)CC)C(N)=O. The number of rotatable bonds is 55. The van der Waals surface area contributed by atoms with Crippen LogP contribution in [0.5, 0.6) is 0 Å². The number of hydrogen-bond acceptors (Lipinski definition) is 21. The van der Waals surface area contributed by atoms with E-state index in [-0.39, 0.29) is 70.4 Å². The first-order valence-electron chi connectivity index (χ1n) is 36.3. The molecule has 2 unspecified atom stereocenters. The molecule has 37 heteroatoms. The van der Waals surface area contributed by atoms with Crippen LogP contribution in [0.2, 0.25) is 0 Å². The lowest BCUT2D eigenvalue weighted by molar-refractivity contribution is -0.140. The maximum atomic E-state index is 14.3. The number of primary amides is 2. The molecule has 0 spiro atoms. The normalized spacial score (nSPS) is 16.3. The Labute approximate surface area is 608 Å². The average Bonchev–Trinajstić information content (AvgIpc) is 1.67. The molecular formula is C67H120N18O19. The number of amides is 15. The number of hydrogen-bond donors (Lipinski definition) is 20. The molecule has 0 aliphatic carbocycles. The number of nitrogens with two attached hydrogens (primary N) is 5. The Morgan fingerprint density at radius 2 is 0.769 bits per heavy atom. The predicted molar refractivity (Wildman–Crippen MR) is 380 cm³/mol. The van der Waals surface area contributed by atoms with Crippen LogP contribution in [0.4, 0.5) is 0 Å². The highest BCUT2D eigenvalue weighted by Gasteiger charge is 2.39. The Morgan fingerprint density at radius 1 is 0.423 bits per heavy atom. The Bertz CT molecular complexity index is 2820. The molecule has 1 rings (SSSR count). The molecule has 1 saturated heterocycles. The van der Waals surface area contributed by atoms with E-state index in [1.54, 1.807) is 27.7 Å². The second kappa shape index (κ2) is 51.5. The number of likely N-dealkylation sites (tertiary alicyclic amines) is 1. The van der Waals surface area contributed by atoms with E-state index in [4.69, 9.17) is 28.7 Å². The molecule has 592 valence electrons.